The molecule has 134 valence electrons. The summed E-state index contributed by atoms with van der Waals surface area (Å²) in [5.41, 5.74) is 4.51. The number of rotatable bonds is 6. The Morgan fingerprint density at radius 1 is 1.08 bits per heavy atom. The van der Waals surface area contributed by atoms with Crippen LogP contribution in [-0.4, -0.2) is 35.4 Å². The zero-order chi connectivity index (χ0) is 18.6. The fraction of sp³-hybridized carbons (Fsp3) is 0.400. The highest BCUT2D eigenvalue weighted by Crippen LogP contribution is 2.21. The van der Waals surface area contributed by atoms with E-state index in [2.05, 4.69) is 24.0 Å². The molecule has 0 unspecified atom stereocenters. The Labute approximate surface area is 149 Å². The Hall–Kier alpha value is -2.56. The molecule has 0 radical (unpaired) electrons. The van der Waals surface area contributed by atoms with Crippen molar-refractivity contribution in [2.45, 2.75) is 40.7 Å². The van der Waals surface area contributed by atoms with Crippen LogP contribution in [-0.2, 0) is 17.7 Å². The van der Waals surface area contributed by atoms with Crippen molar-refractivity contribution in [3.8, 4) is 0 Å². The van der Waals surface area contributed by atoms with Crippen LogP contribution in [0, 0.1) is 13.8 Å². The quantitative estimate of drug-likeness (QED) is 0.815. The van der Waals surface area contributed by atoms with Crippen LogP contribution < -0.4 is 0 Å². The predicted octanol–water partition coefficient (Wildman–Crippen LogP) is 3.64. The van der Waals surface area contributed by atoms with E-state index in [1.807, 2.05) is 12.1 Å². The van der Waals surface area contributed by atoms with E-state index in [1.54, 1.807) is 32.7 Å². The molecule has 2 aromatic rings. The Balaban J connectivity index is 2.18. The monoisotopic (exact) mass is 342 g/mol. The average molecular weight is 342 g/mol. The third-order valence-electron chi connectivity index (χ3n) is 4.33. The van der Waals surface area contributed by atoms with Gasteiger partial charge in [0.2, 0.25) is 0 Å². The van der Waals surface area contributed by atoms with Crippen molar-refractivity contribution in [3.63, 3.8) is 0 Å². The van der Waals surface area contributed by atoms with Gasteiger partial charge in [-0.05, 0) is 43.9 Å². The van der Waals surface area contributed by atoms with Crippen molar-refractivity contribution >= 4 is 11.9 Å². The Morgan fingerprint density at radius 3 is 2.24 bits per heavy atom. The van der Waals surface area contributed by atoms with Gasteiger partial charge < -0.3 is 14.6 Å². The Bertz CT molecular complexity index is 760. The van der Waals surface area contributed by atoms with E-state index >= 15 is 0 Å². The number of benzene rings is 1. The molecule has 2 rings (SSSR count). The fourth-order valence-corrected chi connectivity index (χ4v) is 2.89. The fourth-order valence-electron chi connectivity index (χ4n) is 2.89. The second-order valence-corrected chi connectivity index (χ2v) is 6.18. The summed E-state index contributed by atoms with van der Waals surface area (Å²) in [6.07, 6.45) is 0.993. The summed E-state index contributed by atoms with van der Waals surface area (Å²) < 4.78 is 5.08. The molecule has 5 nitrogen and oxygen atoms in total. The van der Waals surface area contributed by atoms with Gasteiger partial charge in [-0.15, -0.1) is 0 Å². The van der Waals surface area contributed by atoms with Gasteiger partial charge >= 0.3 is 5.97 Å². The third-order valence-corrected chi connectivity index (χ3v) is 4.33. The molecule has 0 aliphatic heterocycles. The first-order valence-corrected chi connectivity index (χ1v) is 8.58. The molecule has 1 heterocycles. The molecule has 25 heavy (non-hydrogen) atoms. The van der Waals surface area contributed by atoms with Crippen LogP contribution in [0.25, 0.3) is 0 Å². The van der Waals surface area contributed by atoms with Crippen molar-refractivity contribution in [3.05, 3.63) is 57.9 Å². The highest BCUT2D eigenvalue weighted by Gasteiger charge is 2.24. The number of H-pyrrole nitrogens is 1. The molecule has 1 aromatic heterocycles. The number of carbonyl (C=O) groups excluding carboxylic acids is 2. The largest absolute Gasteiger partial charge is 0.462 e. The molecule has 0 atom stereocenters. The molecule has 1 aromatic carbocycles. The van der Waals surface area contributed by atoms with Gasteiger partial charge in [-0.1, -0.05) is 31.2 Å². The molecule has 5 heteroatoms. The Kier molecular flexibility index (Phi) is 6.02. The van der Waals surface area contributed by atoms with Gasteiger partial charge in [0.05, 0.1) is 12.2 Å². The number of aromatic amines is 1. The molecule has 0 fully saturated rings. The summed E-state index contributed by atoms with van der Waals surface area (Å²) in [6.45, 7) is 8.24. The summed E-state index contributed by atoms with van der Waals surface area (Å²) in [6, 6.07) is 8.24. The van der Waals surface area contributed by atoms with Crippen LogP contribution in [0.1, 0.15) is 57.1 Å². The number of carbonyl (C=O) groups is 2. The summed E-state index contributed by atoms with van der Waals surface area (Å²) in [5.74, 6) is -0.540. The molecule has 0 spiro atoms. The van der Waals surface area contributed by atoms with E-state index in [1.165, 1.54) is 5.56 Å². The maximum Gasteiger partial charge on any atom is 0.340 e. The molecule has 1 amide bonds. The van der Waals surface area contributed by atoms with Gasteiger partial charge in [0.1, 0.15) is 5.69 Å². The molecule has 0 saturated carbocycles. The van der Waals surface area contributed by atoms with Crippen LogP contribution in [0.4, 0.5) is 0 Å². The van der Waals surface area contributed by atoms with Gasteiger partial charge in [0.25, 0.3) is 5.91 Å². The van der Waals surface area contributed by atoms with E-state index in [9.17, 15) is 9.59 Å². The SMILES string of the molecule is CCOC(=O)c1c(C)[nH]c(C(=O)N(C)Cc2ccc(CC)cc2)c1C. The average Bonchev–Trinajstić information content (AvgIpc) is 2.89. The highest BCUT2D eigenvalue weighted by atomic mass is 16.5. The molecule has 0 aliphatic rings. The maximum atomic E-state index is 12.8. The summed E-state index contributed by atoms with van der Waals surface area (Å²) in [4.78, 5) is 29.5. The number of nitrogens with zero attached hydrogens (tertiary/aromatic N) is 1. The third kappa shape index (κ3) is 4.10. The minimum atomic E-state index is -0.398. The topological polar surface area (TPSA) is 62.4 Å². The number of nitrogens with one attached hydrogen (secondary N) is 1. The van der Waals surface area contributed by atoms with Crippen molar-refractivity contribution in [1.82, 2.24) is 9.88 Å². The molecule has 0 aliphatic carbocycles. The van der Waals surface area contributed by atoms with Crippen molar-refractivity contribution in [2.24, 2.45) is 0 Å². The van der Waals surface area contributed by atoms with E-state index < -0.39 is 5.97 Å². The van der Waals surface area contributed by atoms with Crippen LogP contribution in [0.2, 0.25) is 0 Å². The normalized spacial score (nSPS) is 10.6. The molecular weight excluding hydrogens is 316 g/mol. The minimum absolute atomic E-state index is 0.143. The maximum absolute atomic E-state index is 12.8. The molecule has 0 bridgehead atoms. The summed E-state index contributed by atoms with van der Waals surface area (Å²) >= 11 is 0. The Morgan fingerprint density at radius 2 is 1.68 bits per heavy atom. The van der Waals surface area contributed by atoms with Gasteiger partial charge in [-0.25, -0.2) is 4.79 Å². The second kappa shape index (κ2) is 8.01. The van der Waals surface area contributed by atoms with Crippen LogP contribution in [0.3, 0.4) is 0 Å². The lowest BCUT2D eigenvalue weighted by molar-refractivity contribution is 0.0525. The van der Waals surface area contributed by atoms with Gasteiger partial charge in [0, 0.05) is 19.3 Å². The lowest BCUT2D eigenvalue weighted by atomic mass is 10.1. The number of amides is 1. The van der Waals surface area contributed by atoms with Crippen molar-refractivity contribution < 1.29 is 14.3 Å². The first kappa shape index (κ1) is 18.8. The number of ether oxygens (including phenoxy) is 1. The van der Waals surface area contributed by atoms with Gasteiger partial charge in [-0.2, -0.15) is 0 Å². The second-order valence-electron chi connectivity index (χ2n) is 6.18. The number of aryl methyl sites for hydroxylation is 2. The van der Waals surface area contributed by atoms with Gasteiger partial charge in [0.15, 0.2) is 0 Å². The molecule has 0 saturated heterocycles. The lowest BCUT2D eigenvalue weighted by Gasteiger charge is -2.17. The zero-order valence-electron chi connectivity index (χ0n) is 15.6. The number of hydrogen-bond donors (Lipinski definition) is 1. The highest BCUT2D eigenvalue weighted by molar-refractivity contribution is 6.00. The standard InChI is InChI=1S/C20H26N2O3/c1-6-15-8-10-16(11-9-15)12-22(5)19(23)18-13(3)17(14(4)21-18)20(24)25-7-2/h8-11,21H,6-7,12H2,1-5H3. The first-order chi connectivity index (χ1) is 11.9. The van der Waals surface area contributed by atoms with Crippen LogP contribution in [0.5, 0.6) is 0 Å². The predicted molar refractivity (Wildman–Crippen MR) is 97.8 cm³/mol. The molecule has 1 N–H and O–H groups in total. The van der Waals surface area contributed by atoms with E-state index in [4.69, 9.17) is 4.74 Å². The summed E-state index contributed by atoms with van der Waals surface area (Å²) in [5, 5.41) is 0. The van der Waals surface area contributed by atoms with E-state index in [0.717, 1.165) is 12.0 Å². The number of hydrogen-bond acceptors (Lipinski definition) is 3. The van der Waals surface area contributed by atoms with Crippen molar-refractivity contribution in [2.75, 3.05) is 13.7 Å². The molecular formula is C20H26N2O3. The van der Waals surface area contributed by atoms with E-state index in [-0.39, 0.29) is 5.91 Å². The van der Waals surface area contributed by atoms with Crippen molar-refractivity contribution in [1.29, 1.82) is 0 Å². The summed E-state index contributed by atoms with van der Waals surface area (Å²) in [7, 11) is 1.76. The first-order valence-electron chi connectivity index (χ1n) is 8.58. The smallest absolute Gasteiger partial charge is 0.340 e. The number of esters is 1. The zero-order valence-corrected chi connectivity index (χ0v) is 15.6. The number of aromatic nitrogens is 1. The van der Waals surface area contributed by atoms with Crippen LogP contribution >= 0.6 is 0 Å². The van der Waals surface area contributed by atoms with E-state index in [0.29, 0.717) is 35.7 Å². The minimum Gasteiger partial charge on any atom is -0.462 e. The van der Waals surface area contributed by atoms with Gasteiger partial charge in [-0.3, -0.25) is 4.79 Å². The lowest BCUT2D eigenvalue weighted by Crippen LogP contribution is -2.27. The van der Waals surface area contributed by atoms with Crippen LogP contribution in [0.15, 0.2) is 24.3 Å².